The van der Waals surface area contributed by atoms with Crippen molar-refractivity contribution in [2.45, 2.75) is 50.7 Å². The van der Waals surface area contributed by atoms with E-state index in [0.29, 0.717) is 18.5 Å². The van der Waals surface area contributed by atoms with Crippen LogP contribution in [0.5, 0.6) is 0 Å². The molecule has 0 spiro atoms. The molecule has 1 aromatic rings. The topological polar surface area (TPSA) is 32.3 Å². The molecule has 1 aromatic carbocycles. The van der Waals surface area contributed by atoms with Crippen LogP contribution in [0.4, 0.5) is 0 Å². The summed E-state index contributed by atoms with van der Waals surface area (Å²) in [6, 6.07) is 11.7. The third-order valence-electron chi connectivity index (χ3n) is 3.86. The van der Waals surface area contributed by atoms with Gasteiger partial charge in [0.15, 0.2) is 0 Å². The van der Waals surface area contributed by atoms with Crippen LogP contribution >= 0.6 is 0 Å². The largest absolute Gasteiger partial charge is 0.353 e. The van der Waals surface area contributed by atoms with Crippen LogP contribution in [-0.4, -0.2) is 29.4 Å². The molecule has 19 heavy (non-hydrogen) atoms. The lowest BCUT2D eigenvalue weighted by Gasteiger charge is -2.21. The number of hydrogen-bond acceptors (Lipinski definition) is 2. The van der Waals surface area contributed by atoms with Crippen molar-refractivity contribution < 1.29 is 4.79 Å². The van der Waals surface area contributed by atoms with Crippen LogP contribution in [0.3, 0.4) is 0 Å². The summed E-state index contributed by atoms with van der Waals surface area (Å²) in [5.41, 5.74) is 1.34. The van der Waals surface area contributed by atoms with E-state index in [9.17, 15) is 4.79 Å². The second kappa shape index (κ2) is 5.74. The normalized spacial score (nSPS) is 18.6. The lowest BCUT2D eigenvalue weighted by atomic mass is 10.2. The van der Waals surface area contributed by atoms with Gasteiger partial charge in [0.2, 0.25) is 5.91 Å². The summed E-state index contributed by atoms with van der Waals surface area (Å²) >= 11 is 0. The Morgan fingerprint density at radius 3 is 2.53 bits per heavy atom. The molecule has 2 aliphatic carbocycles. The van der Waals surface area contributed by atoms with Gasteiger partial charge in [-0.05, 0) is 31.2 Å². The Balaban J connectivity index is 1.48. The van der Waals surface area contributed by atoms with Crippen LogP contribution in [0.15, 0.2) is 30.3 Å². The standard InChI is InChI=1S/C16H22N2O/c19-16(17-14-6-7-14)10-11-18(15-8-9-15)12-13-4-2-1-3-5-13/h1-5,14-15H,6-12H2,(H,17,19). The number of carbonyl (C=O) groups excluding carboxylic acids is 1. The summed E-state index contributed by atoms with van der Waals surface area (Å²) in [4.78, 5) is 14.2. The van der Waals surface area contributed by atoms with Gasteiger partial charge in [-0.2, -0.15) is 0 Å². The maximum atomic E-state index is 11.8. The van der Waals surface area contributed by atoms with Crippen molar-refractivity contribution in [3.05, 3.63) is 35.9 Å². The van der Waals surface area contributed by atoms with Gasteiger partial charge in [-0.3, -0.25) is 9.69 Å². The van der Waals surface area contributed by atoms with Crippen molar-refractivity contribution in [1.82, 2.24) is 10.2 Å². The zero-order chi connectivity index (χ0) is 13.1. The third-order valence-corrected chi connectivity index (χ3v) is 3.86. The van der Waals surface area contributed by atoms with E-state index in [1.165, 1.54) is 31.2 Å². The van der Waals surface area contributed by atoms with E-state index < -0.39 is 0 Å². The number of benzene rings is 1. The molecule has 3 nitrogen and oxygen atoms in total. The number of amides is 1. The fourth-order valence-electron chi connectivity index (χ4n) is 2.42. The van der Waals surface area contributed by atoms with E-state index in [1.807, 2.05) is 6.07 Å². The SMILES string of the molecule is O=C(CCN(Cc1ccccc1)C1CC1)NC1CC1. The van der Waals surface area contributed by atoms with Crippen LogP contribution in [0.2, 0.25) is 0 Å². The number of nitrogens with zero attached hydrogens (tertiary/aromatic N) is 1. The predicted molar refractivity (Wildman–Crippen MR) is 75.7 cm³/mol. The molecule has 0 atom stereocenters. The quantitative estimate of drug-likeness (QED) is 0.814. The van der Waals surface area contributed by atoms with Crippen molar-refractivity contribution in [3.63, 3.8) is 0 Å². The number of carbonyl (C=O) groups is 1. The minimum atomic E-state index is 0.223. The Kier molecular flexibility index (Phi) is 3.83. The van der Waals surface area contributed by atoms with E-state index in [4.69, 9.17) is 0 Å². The second-order valence-electron chi connectivity index (χ2n) is 5.78. The minimum absolute atomic E-state index is 0.223. The van der Waals surface area contributed by atoms with Crippen molar-refractivity contribution in [2.75, 3.05) is 6.54 Å². The summed E-state index contributed by atoms with van der Waals surface area (Å²) in [5.74, 6) is 0.223. The zero-order valence-corrected chi connectivity index (χ0v) is 11.3. The van der Waals surface area contributed by atoms with E-state index in [0.717, 1.165) is 13.1 Å². The van der Waals surface area contributed by atoms with Crippen molar-refractivity contribution in [2.24, 2.45) is 0 Å². The van der Waals surface area contributed by atoms with Crippen LogP contribution in [-0.2, 0) is 11.3 Å². The van der Waals surface area contributed by atoms with Gasteiger partial charge in [0, 0.05) is 31.6 Å². The number of nitrogens with one attached hydrogen (secondary N) is 1. The van der Waals surface area contributed by atoms with Gasteiger partial charge in [0.1, 0.15) is 0 Å². The van der Waals surface area contributed by atoms with E-state index in [1.54, 1.807) is 0 Å². The first-order valence-corrected chi connectivity index (χ1v) is 7.38. The molecule has 1 N–H and O–H groups in total. The highest BCUT2D eigenvalue weighted by Crippen LogP contribution is 2.28. The molecular weight excluding hydrogens is 236 g/mol. The molecule has 0 heterocycles. The van der Waals surface area contributed by atoms with Gasteiger partial charge in [0.05, 0.1) is 0 Å². The maximum absolute atomic E-state index is 11.8. The Hall–Kier alpha value is -1.35. The molecule has 0 aromatic heterocycles. The molecule has 2 aliphatic rings. The molecule has 0 saturated heterocycles. The molecule has 1 amide bonds. The first-order chi connectivity index (χ1) is 9.31. The van der Waals surface area contributed by atoms with Crippen molar-refractivity contribution in [1.29, 1.82) is 0 Å². The second-order valence-corrected chi connectivity index (χ2v) is 5.78. The zero-order valence-electron chi connectivity index (χ0n) is 11.3. The fourth-order valence-corrected chi connectivity index (χ4v) is 2.42. The first kappa shape index (κ1) is 12.7. The van der Waals surface area contributed by atoms with Crippen LogP contribution in [0.25, 0.3) is 0 Å². The highest BCUT2D eigenvalue weighted by molar-refractivity contribution is 5.76. The van der Waals surface area contributed by atoms with Gasteiger partial charge in [-0.15, -0.1) is 0 Å². The van der Waals surface area contributed by atoms with Gasteiger partial charge in [0.25, 0.3) is 0 Å². The van der Waals surface area contributed by atoms with E-state index in [2.05, 4.69) is 34.5 Å². The molecular formula is C16H22N2O. The van der Waals surface area contributed by atoms with Gasteiger partial charge in [-0.25, -0.2) is 0 Å². The lowest BCUT2D eigenvalue weighted by molar-refractivity contribution is -0.121. The summed E-state index contributed by atoms with van der Waals surface area (Å²) in [6.45, 7) is 1.86. The summed E-state index contributed by atoms with van der Waals surface area (Å²) in [6.07, 6.45) is 5.55. The van der Waals surface area contributed by atoms with Crippen LogP contribution < -0.4 is 5.32 Å². The molecule has 0 bridgehead atoms. The molecule has 102 valence electrons. The van der Waals surface area contributed by atoms with Crippen molar-refractivity contribution in [3.8, 4) is 0 Å². The smallest absolute Gasteiger partial charge is 0.221 e. The monoisotopic (exact) mass is 258 g/mol. The summed E-state index contributed by atoms with van der Waals surface area (Å²) in [5, 5.41) is 3.07. The Labute approximate surface area is 115 Å². The van der Waals surface area contributed by atoms with Crippen LogP contribution in [0.1, 0.15) is 37.7 Å². The molecule has 0 unspecified atom stereocenters. The minimum Gasteiger partial charge on any atom is -0.353 e. The van der Waals surface area contributed by atoms with Crippen molar-refractivity contribution >= 4 is 5.91 Å². The predicted octanol–water partition coefficient (Wildman–Crippen LogP) is 2.32. The van der Waals surface area contributed by atoms with Gasteiger partial charge < -0.3 is 5.32 Å². The summed E-state index contributed by atoms with van der Waals surface area (Å²) < 4.78 is 0. The molecule has 0 aliphatic heterocycles. The van der Waals surface area contributed by atoms with Gasteiger partial charge in [-0.1, -0.05) is 30.3 Å². The third kappa shape index (κ3) is 4.06. The highest BCUT2D eigenvalue weighted by Gasteiger charge is 2.29. The Morgan fingerprint density at radius 1 is 1.16 bits per heavy atom. The Bertz CT molecular complexity index is 424. The van der Waals surface area contributed by atoms with E-state index >= 15 is 0 Å². The summed E-state index contributed by atoms with van der Waals surface area (Å²) in [7, 11) is 0. The average molecular weight is 258 g/mol. The first-order valence-electron chi connectivity index (χ1n) is 7.38. The highest BCUT2D eigenvalue weighted by atomic mass is 16.1. The molecule has 3 rings (SSSR count). The molecule has 0 radical (unpaired) electrons. The Morgan fingerprint density at radius 2 is 1.89 bits per heavy atom. The number of hydrogen-bond donors (Lipinski definition) is 1. The average Bonchev–Trinajstić information content (AvgIpc) is 3.28. The fraction of sp³-hybridized carbons (Fsp3) is 0.562. The maximum Gasteiger partial charge on any atom is 0.221 e. The molecule has 3 heteroatoms. The van der Waals surface area contributed by atoms with E-state index in [-0.39, 0.29) is 5.91 Å². The van der Waals surface area contributed by atoms with Crippen LogP contribution in [0, 0.1) is 0 Å². The molecule has 2 fully saturated rings. The lowest BCUT2D eigenvalue weighted by Crippen LogP contribution is -2.32. The number of rotatable bonds is 7. The van der Waals surface area contributed by atoms with Gasteiger partial charge >= 0.3 is 0 Å². The molecule has 2 saturated carbocycles.